The molecule has 3 rings (SSSR count). The normalized spacial score (nSPS) is 21.8. The Balaban J connectivity index is 1.58. The zero-order valence-corrected chi connectivity index (χ0v) is 12.0. The van der Waals surface area contributed by atoms with Crippen LogP contribution in [0.1, 0.15) is 24.3 Å². The van der Waals surface area contributed by atoms with Gasteiger partial charge < -0.3 is 5.32 Å². The molecular weight excluding hydrogens is 305 g/mol. The summed E-state index contributed by atoms with van der Waals surface area (Å²) >= 11 is 3.16. The zero-order chi connectivity index (χ0) is 13.2. The van der Waals surface area contributed by atoms with Crippen molar-refractivity contribution < 1.29 is 4.39 Å². The summed E-state index contributed by atoms with van der Waals surface area (Å²) < 4.78 is 13.9. The van der Waals surface area contributed by atoms with Gasteiger partial charge in [0.2, 0.25) is 0 Å². The molecule has 1 saturated carbocycles. The Morgan fingerprint density at radius 3 is 2.47 bits per heavy atom. The van der Waals surface area contributed by atoms with Gasteiger partial charge >= 0.3 is 0 Å². The van der Waals surface area contributed by atoms with Crippen LogP contribution in [0.15, 0.2) is 53.0 Å². The summed E-state index contributed by atoms with van der Waals surface area (Å²) in [5, 5.41) is 3.39. The molecule has 0 amide bonds. The van der Waals surface area contributed by atoms with Gasteiger partial charge in [0.25, 0.3) is 0 Å². The Bertz CT molecular complexity index is 564. The van der Waals surface area contributed by atoms with Crippen molar-refractivity contribution in [1.82, 2.24) is 0 Å². The molecule has 0 aliphatic heterocycles. The summed E-state index contributed by atoms with van der Waals surface area (Å²) in [4.78, 5) is 0. The SMILES string of the molecule is Fc1cc(NC2CC(c3ccccc3)C2)ccc1Br. The first-order valence-corrected chi connectivity index (χ1v) is 7.28. The Kier molecular flexibility index (Phi) is 3.56. The summed E-state index contributed by atoms with van der Waals surface area (Å²) in [6.07, 6.45) is 2.23. The Labute approximate surface area is 121 Å². The first-order valence-electron chi connectivity index (χ1n) is 6.49. The molecule has 0 spiro atoms. The molecule has 1 nitrogen and oxygen atoms in total. The second kappa shape index (κ2) is 5.33. The van der Waals surface area contributed by atoms with Crippen LogP contribution in [0.4, 0.5) is 10.1 Å². The number of anilines is 1. The Morgan fingerprint density at radius 1 is 1.05 bits per heavy atom. The third kappa shape index (κ3) is 2.81. The minimum absolute atomic E-state index is 0.219. The first kappa shape index (κ1) is 12.7. The van der Waals surface area contributed by atoms with Gasteiger partial charge in [0.05, 0.1) is 4.47 Å². The van der Waals surface area contributed by atoms with E-state index in [-0.39, 0.29) is 5.82 Å². The molecule has 98 valence electrons. The third-order valence-electron chi connectivity index (χ3n) is 3.70. The van der Waals surface area contributed by atoms with Crippen molar-refractivity contribution in [3.63, 3.8) is 0 Å². The maximum absolute atomic E-state index is 13.4. The highest BCUT2D eigenvalue weighted by molar-refractivity contribution is 9.10. The molecule has 0 bridgehead atoms. The van der Waals surface area contributed by atoms with Crippen LogP contribution in [-0.2, 0) is 0 Å². The van der Waals surface area contributed by atoms with Crippen molar-refractivity contribution in [1.29, 1.82) is 0 Å². The van der Waals surface area contributed by atoms with Crippen LogP contribution in [-0.4, -0.2) is 6.04 Å². The summed E-state index contributed by atoms with van der Waals surface area (Å²) in [6.45, 7) is 0. The Hall–Kier alpha value is -1.35. The smallest absolute Gasteiger partial charge is 0.139 e. The Morgan fingerprint density at radius 2 is 1.79 bits per heavy atom. The topological polar surface area (TPSA) is 12.0 Å². The van der Waals surface area contributed by atoms with Crippen LogP contribution < -0.4 is 5.32 Å². The molecular formula is C16H15BrFN. The van der Waals surface area contributed by atoms with Gasteiger partial charge in [-0.2, -0.15) is 0 Å². The highest BCUT2D eigenvalue weighted by atomic mass is 79.9. The van der Waals surface area contributed by atoms with E-state index < -0.39 is 0 Å². The lowest BCUT2D eigenvalue weighted by molar-refractivity contribution is 0.374. The number of hydrogen-bond acceptors (Lipinski definition) is 1. The van der Waals surface area contributed by atoms with Crippen LogP contribution in [0.2, 0.25) is 0 Å². The van der Waals surface area contributed by atoms with E-state index in [1.54, 1.807) is 12.1 Å². The lowest BCUT2D eigenvalue weighted by Gasteiger charge is -2.37. The molecule has 0 saturated heterocycles. The van der Waals surface area contributed by atoms with Crippen molar-refractivity contribution in [3.05, 3.63) is 64.4 Å². The lowest BCUT2D eigenvalue weighted by atomic mass is 9.76. The number of benzene rings is 2. The van der Waals surface area contributed by atoms with E-state index in [0.717, 1.165) is 18.5 Å². The molecule has 19 heavy (non-hydrogen) atoms. The second-order valence-corrected chi connectivity index (χ2v) is 5.90. The summed E-state index contributed by atoms with van der Waals surface area (Å²) in [6, 6.07) is 16.2. The largest absolute Gasteiger partial charge is 0.382 e. The van der Waals surface area contributed by atoms with Gasteiger partial charge in [-0.25, -0.2) is 4.39 Å². The average molecular weight is 320 g/mol. The van der Waals surface area contributed by atoms with Crippen LogP contribution in [0.5, 0.6) is 0 Å². The van der Waals surface area contributed by atoms with Gasteiger partial charge in [-0.3, -0.25) is 0 Å². The fourth-order valence-electron chi connectivity index (χ4n) is 2.55. The molecule has 0 atom stereocenters. The molecule has 0 unspecified atom stereocenters. The van der Waals surface area contributed by atoms with E-state index in [1.165, 1.54) is 5.56 Å². The van der Waals surface area contributed by atoms with Gasteiger partial charge in [0.1, 0.15) is 5.82 Å². The van der Waals surface area contributed by atoms with Crippen molar-refractivity contribution in [2.24, 2.45) is 0 Å². The monoisotopic (exact) mass is 319 g/mol. The van der Waals surface area contributed by atoms with Gasteiger partial charge in [0.15, 0.2) is 0 Å². The number of rotatable bonds is 3. The van der Waals surface area contributed by atoms with Crippen molar-refractivity contribution in [2.75, 3.05) is 5.32 Å². The molecule has 0 aromatic heterocycles. The molecule has 2 aromatic rings. The lowest BCUT2D eigenvalue weighted by Crippen LogP contribution is -2.33. The first-order chi connectivity index (χ1) is 9.22. The summed E-state index contributed by atoms with van der Waals surface area (Å²) in [5.74, 6) is 0.419. The zero-order valence-electron chi connectivity index (χ0n) is 10.4. The van der Waals surface area contributed by atoms with E-state index >= 15 is 0 Å². The molecule has 2 aromatic carbocycles. The highest BCUT2D eigenvalue weighted by Gasteiger charge is 2.29. The number of nitrogens with one attached hydrogen (secondary N) is 1. The van der Waals surface area contributed by atoms with Crippen LogP contribution in [0.3, 0.4) is 0 Å². The minimum Gasteiger partial charge on any atom is -0.382 e. The predicted octanol–water partition coefficient (Wildman–Crippen LogP) is 4.95. The number of hydrogen-bond donors (Lipinski definition) is 1. The van der Waals surface area contributed by atoms with Crippen LogP contribution >= 0.6 is 15.9 Å². The standard InChI is InChI=1S/C16H15BrFN/c17-15-7-6-13(10-16(15)18)19-14-8-12(9-14)11-4-2-1-3-5-11/h1-7,10,12,14,19H,8-9H2. The maximum Gasteiger partial charge on any atom is 0.139 e. The number of halogens is 2. The maximum atomic E-state index is 13.4. The van der Waals surface area contributed by atoms with E-state index in [1.807, 2.05) is 12.1 Å². The van der Waals surface area contributed by atoms with E-state index in [4.69, 9.17) is 0 Å². The molecule has 1 N–H and O–H groups in total. The van der Waals surface area contributed by atoms with E-state index in [2.05, 4.69) is 45.5 Å². The predicted molar refractivity (Wildman–Crippen MR) is 79.9 cm³/mol. The molecule has 0 radical (unpaired) electrons. The molecule has 0 heterocycles. The average Bonchev–Trinajstić information content (AvgIpc) is 2.38. The van der Waals surface area contributed by atoms with Crippen LogP contribution in [0.25, 0.3) is 0 Å². The van der Waals surface area contributed by atoms with Gasteiger partial charge in [-0.15, -0.1) is 0 Å². The van der Waals surface area contributed by atoms with Crippen molar-refractivity contribution >= 4 is 21.6 Å². The van der Waals surface area contributed by atoms with Crippen LogP contribution in [0, 0.1) is 5.82 Å². The summed E-state index contributed by atoms with van der Waals surface area (Å²) in [7, 11) is 0. The van der Waals surface area contributed by atoms with Crippen molar-refractivity contribution in [3.8, 4) is 0 Å². The van der Waals surface area contributed by atoms with Crippen molar-refractivity contribution in [2.45, 2.75) is 24.8 Å². The van der Waals surface area contributed by atoms with E-state index in [9.17, 15) is 4.39 Å². The van der Waals surface area contributed by atoms with Gasteiger partial charge in [-0.05, 0) is 58.5 Å². The molecule has 1 fully saturated rings. The molecule has 1 aliphatic rings. The fraction of sp³-hybridized carbons (Fsp3) is 0.250. The molecule has 3 heteroatoms. The third-order valence-corrected chi connectivity index (χ3v) is 4.34. The van der Waals surface area contributed by atoms with Gasteiger partial charge in [-0.1, -0.05) is 30.3 Å². The van der Waals surface area contributed by atoms with Gasteiger partial charge in [0, 0.05) is 11.7 Å². The highest BCUT2D eigenvalue weighted by Crippen LogP contribution is 2.38. The molecule has 1 aliphatic carbocycles. The minimum atomic E-state index is -0.219. The quantitative estimate of drug-likeness (QED) is 0.844. The second-order valence-electron chi connectivity index (χ2n) is 5.05. The fourth-order valence-corrected chi connectivity index (χ4v) is 2.80. The summed E-state index contributed by atoms with van der Waals surface area (Å²) in [5.41, 5.74) is 2.26. The van der Waals surface area contributed by atoms with E-state index in [0.29, 0.717) is 16.4 Å².